The minimum Gasteiger partial charge on any atom is -0.348 e. The van der Waals surface area contributed by atoms with Crippen LogP contribution in [0.1, 0.15) is 21.5 Å². The Morgan fingerprint density at radius 2 is 1.53 bits per heavy atom. The molecule has 2 aliphatic rings. The maximum absolute atomic E-state index is 13.3. The highest BCUT2D eigenvalue weighted by atomic mass is 19.1. The molecule has 0 spiro atoms. The van der Waals surface area contributed by atoms with E-state index < -0.39 is 0 Å². The summed E-state index contributed by atoms with van der Waals surface area (Å²) >= 11 is 0. The van der Waals surface area contributed by atoms with Crippen molar-refractivity contribution in [3.8, 4) is 16.9 Å². The van der Waals surface area contributed by atoms with Crippen LogP contribution in [0.5, 0.6) is 0 Å². The number of nitrogens with one attached hydrogen (secondary N) is 1. The van der Waals surface area contributed by atoms with Crippen molar-refractivity contribution in [2.45, 2.75) is 13.1 Å². The first-order valence-electron chi connectivity index (χ1n) is 10.8. The van der Waals surface area contributed by atoms with Gasteiger partial charge in [-0.25, -0.2) is 4.39 Å². The number of benzene rings is 3. The van der Waals surface area contributed by atoms with Gasteiger partial charge in [-0.3, -0.25) is 9.59 Å². The number of carbonyl (C=O) groups is 1. The van der Waals surface area contributed by atoms with Gasteiger partial charge in [-0.15, -0.1) is 0 Å². The zero-order chi connectivity index (χ0) is 23.5. The molecule has 2 heterocycles. The highest BCUT2D eigenvalue weighted by Gasteiger charge is 2.24. The van der Waals surface area contributed by atoms with Crippen molar-refractivity contribution in [1.29, 1.82) is 0 Å². The fourth-order valence-electron chi connectivity index (χ4n) is 3.84. The molecule has 0 saturated heterocycles. The fraction of sp³-hybridized carbons (Fsp3) is 0.0741. The number of para-hydroxylation sites is 1. The molecule has 1 amide bonds. The molecular formula is C27H21FN4O2. The Bertz CT molecular complexity index is 1460. The molecule has 0 atom stereocenters. The van der Waals surface area contributed by atoms with Crippen molar-refractivity contribution in [2.24, 2.45) is 0 Å². The van der Waals surface area contributed by atoms with Gasteiger partial charge in [-0.1, -0.05) is 60.7 Å². The third-order valence-electron chi connectivity index (χ3n) is 5.54. The zero-order valence-corrected chi connectivity index (χ0v) is 18.2. The lowest BCUT2D eigenvalue weighted by Gasteiger charge is -2.13. The van der Waals surface area contributed by atoms with Crippen LogP contribution in [0.2, 0.25) is 0 Å². The number of hydrogen-bond donors (Lipinski definition) is 1. The molecule has 0 aromatic heterocycles. The Labute approximate surface area is 195 Å². The van der Waals surface area contributed by atoms with E-state index in [0.29, 0.717) is 35.6 Å². The molecule has 34 heavy (non-hydrogen) atoms. The van der Waals surface area contributed by atoms with Crippen LogP contribution < -0.4 is 10.9 Å². The summed E-state index contributed by atoms with van der Waals surface area (Å²) in [6.45, 7) is 0.711. The van der Waals surface area contributed by atoms with E-state index in [-0.39, 0.29) is 17.3 Å². The van der Waals surface area contributed by atoms with E-state index >= 15 is 0 Å². The van der Waals surface area contributed by atoms with Gasteiger partial charge < -0.3 is 9.88 Å². The quantitative estimate of drug-likeness (QED) is 0.419. The summed E-state index contributed by atoms with van der Waals surface area (Å²) in [6.07, 6.45) is 3.36. The molecule has 0 fully saturated rings. The van der Waals surface area contributed by atoms with Gasteiger partial charge in [0.1, 0.15) is 11.5 Å². The Hall–Kier alpha value is -4.52. The average Bonchev–Trinajstić information content (AvgIpc) is 3.21. The molecule has 0 saturated carbocycles. The average molecular weight is 452 g/mol. The maximum atomic E-state index is 13.3. The predicted molar refractivity (Wildman–Crippen MR) is 128 cm³/mol. The number of hydrogen-bond acceptors (Lipinski definition) is 3. The van der Waals surface area contributed by atoms with Gasteiger partial charge in [0, 0.05) is 25.5 Å². The fourth-order valence-corrected chi connectivity index (χ4v) is 3.84. The van der Waals surface area contributed by atoms with E-state index in [2.05, 4.69) is 10.4 Å². The lowest BCUT2D eigenvalue weighted by molar-refractivity contribution is 0.0950. The number of fused-ring (bicyclic) bond motifs is 1. The summed E-state index contributed by atoms with van der Waals surface area (Å²) in [5, 5.41) is 7.42. The third kappa shape index (κ3) is 4.36. The minimum absolute atomic E-state index is 0.294. The lowest BCUT2D eigenvalue weighted by atomic mass is 10.1. The summed E-state index contributed by atoms with van der Waals surface area (Å²) in [6, 6.07) is 24.8. The molecule has 3 aromatic rings. The van der Waals surface area contributed by atoms with Gasteiger partial charge in [0.15, 0.2) is 0 Å². The Morgan fingerprint density at radius 3 is 2.24 bits per heavy atom. The number of nitrogens with zero attached hydrogens (tertiary/aromatic N) is 3. The second-order valence-corrected chi connectivity index (χ2v) is 7.95. The first-order chi connectivity index (χ1) is 16.6. The highest BCUT2D eigenvalue weighted by Crippen LogP contribution is 2.23. The van der Waals surface area contributed by atoms with E-state index in [1.807, 2.05) is 48.5 Å². The monoisotopic (exact) mass is 452 g/mol. The van der Waals surface area contributed by atoms with Crippen molar-refractivity contribution < 1.29 is 9.18 Å². The van der Waals surface area contributed by atoms with Crippen LogP contribution in [0.15, 0.2) is 102 Å². The van der Waals surface area contributed by atoms with E-state index in [9.17, 15) is 14.0 Å². The van der Waals surface area contributed by atoms with Crippen molar-refractivity contribution in [2.75, 3.05) is 0 Å². The van der Waals surface area contributed by atoms with Gasteiger partial charge in [0.25, 0.3) is 11.5 Å². The number of halogens is 1. The molecule has 2 aliphatic heterocycles. The number of rotatable bonds is 6. The van der Waals surface area contributed by atoms with Gasteiger partial charge in [0.05, 0.1) is 16.8 Å². The van der Waals surface area contributed by atoms with Crippen LogP contribution in [0.4, 0.5) is 4.39 Å². The van der Waals surface area contributed by atoms with Gasteiger partial charge in [0.2, 0.25) is 0 Å². The molecule has 3 aromatic carbocycles. The molecule has 7 heteroatoms. The van der Waals surface area contributed by atoms with Gasteiger partial charge >= 0.3 is 0 Å². The van der Waals surface area contributed by atoms with E-state index in [0.717, 1.165) is 11.1 Å². The topological polar surface area (TPSA) is 68.9 Å². The second-order valence-electron chi connectivity index (χ2n) is 7.95. The SMILES string of the molecule is O=C(NCc1ccccc1)c1cn(Cc2ccc(F)cc2)cc2c(=O)n(-c3ccccc3)nc1-2. The number of amides is 1. The predicted octanol–water partition coefficient (Wildman–Crippen LogP) is 4.26. The number of carbonyl (C=O) groups excluding carboxylic acids is 1. The van der Waals surface area contributed by atoms with Crippen LogP contribution in [0, 0.1) is 5.82 Å². The number of aromatic nitrogens is 3. The first kappa shape index (κ1) is 21.3. The summed E-state index contributed by atoms with van der Waals surface area (Å²) in [7, 11) is 0. The van der Waals surface area contributed by atoms with E-state index in [1.165, 1.54) is 16.8 Å². The lowest BCUT2D eigenvalue weighted by Crippen LogP contribution is -2.25. The molecule has 1 N–H and O–H groups in total. The van der Waals surface area contributed by atoms with Gasteiger partial charge in [-0.2, -0.15) is 9.78 Å². The normalized spacial score (nSPS) is 11.0. The molecule has 0 unspecified atom stereocenters. The van der Waals surface area contributed by atoms with Crippen LogP contribution in [0.3, 0.4) is 0 Å². The van der Waals surface area contributed by atoms with Gasteiger partial charge in [-0.05, 0) is 35.4 Å². The number of pyridine rings is 1. The molecule has 5 rings (SSSR count). The van der Waals surface area contributed by atoms with Crippen LogP contribution in [-0.2, 0) is 13.1 Å². The maximum Gasteiger partial charge on any atom is 0.282 e. The zero-order valence-electron chi connectivity index (χ0n) is 18.2. The second kappa shape index (κ2) is 9.15. The molecule has 0 radical (unpaired) electrons. The smallest absolute Gasteiger partial charge is 0.282 e. The largest absolute Gasteiger partial charge is 0.348 e. The summed E-state index contributed by atoms with van der Waals surface area (Å²) < 4.78 is 16.4. The third-order valence-corrected chi connectivity index (χ3v) is 5.54. The summed E-state index contributed by atoms with van der Waals surface area (Å²) in [5.74, 6) is -0.656. The van der Waals surface area contributed by atoms with Crippen LogP contribution in [0.25, 0.3) is 16.9 Å². The Balaban J connectivity index is 1.56. The summed E-state index contributed by atoms with van der Waals surface area (Å²) in [4.78, 5) is 26.5. The standard InChI is InChI=1S/C27H21FN4O2/c28-21-13-11-20(12-14-21)16-31-17-23(26(33)29-15-19-7-3-1-4-8-19)25-24(18-31)27(34)32(30-25)22-9-5-2-6-10-22/h1-14,17-18H,15-16H2,(H,29,33). The Morgan fingerprint density at radius 1 is 0.853 bits per heavy atom. The van der Waals surface area contributed by atoms with Crippen molar-refractivity contribution in [1.82, 2.24) is 19.7 Å². The van der Waals surface area contributed by atoms with Crippen LogP contribution >= 0.6 is 0 Å². The molecule has 6 nitrogen and oxygen atoms in total. The van der Waals surface area contributed by atoms with Crippen molar-refractivity contribution >= 4 is 5.91 Å². The molecule has 168 valence electrons. The van der Waals surface area contributed by atoms with Crippen LogP contribution in [-0.4, -0.2) is 20.3 Å². The highest BCUT2D eigenvalue weighted by molar-refractivity contribution is 5.99. The Kier molecular flexibility index (Phi) is 5.74. The van der Waals surface area contributed by atoms with Crippen molar-refractivity contribution in [3.05, 3.63) is 130 Å². The first-order valence-corrected chi connectivity index (χ1v) is 10.8. The minimum atomic E-state index is -0.333. The van der Waals surface area contributed by atoms with E-state index in [1.54, 1.807) is 41.2 Å². The molecular weight excluding hydrogens is 431 g/mol. The van der Waals surface area contributed by atoms with E-state index in [4.69, 9.17) is 0 Å². The molecule has 0 aliphatic carbocycles. The summed E-state index contributed by atoms with van der Waals surface area (Å²) in [5.41, 5.74) is 3.05. The van der Waals surface area contributed by atoms with Crippen molar-refractivity contribution in [3.63, 3.8) is 0 Å². The molecule has 0 bridgehead atoms.